The molecule has 0 saturated carbocycles. The van der Waals surface area contributed by atoms with Gasteiger partial charge >= 0.3 is 29.6 Å². The van der Waals surface area contributed by atoms with Gasteiger partial charge in [-0.3, -0.25) is 9.78 Å². The van der Waals surface area contributed by atoms with Gasteiger partial charge in [0.1, 0.15) is 0 Å². The number of rotatable bonds is 6. The molecule has 1 atom stereocenters. The van der Waals surface area contributed by atoms with Crippen LogP contribution >= 0.6 is 27.7 Å². The molecule has 5 nitrogen and oxygen atoms in total. The minimum atomic E-state index is -1.32. The number of aryl methyl sites for hydroxylation is 1. The van der Waals surface area contributed by atoms with Gasteiger partial charge in [-0.25, -0.2) is 0 Å². The van der Waals surface area contributed by atoms with Crippen molar-refractivity contribution in [3.05, 3.63) is 70.3 Å². The third-order valence-electron chi connectivity index (χ3n) is 3.89. The Morgan fingerprint density at radius 1 is 1.18 bits per heavy atom. The summed E-state index contributed by atoms with van der Waals surface area (Å²) in [5, 5.41) is 15.0. The van der Waals surface area contributed by atoms with Crippen LogP contribution in [-0.4, -0.2) is 28.7 Å². The van der Waals surface area contributed by atoms with Crippen molar-refractivity contribution in [3.63, 3.8) is 0 Å². The smallest absolute Gasteiger partial charge is 0.548 e. The maximum atomic E-state index is 12.3. The zero-order chi connectivity index (χ0) is 19.4. The number of nitrogens with one attached hydrogen (secondary N) is 1. The first-order chi connectivity index (χ1) is 12.9. The van der Waals surface area contributed by atoms with Crippen LogP contribution in [0.15, 0.2) is 64.0 Å². The fourth-order valence-corrected chi connectivity index (χ4v) is 4.08. The van der Waals surface area contributed by atoms with Gasteiger partial charge in [0.2, 0.25) is 0 Å². The second kappa shape index (κ2) is 10.4. The fraction of sp³-hybridized carbons (Fsp3) is 0.150. The number of carbonyl (C=O) groups is 2. The van der Waals surface area contributed by atoms with Crippen molar-refractivity contribution in [1.82, 2.24) is 10.3 Å². The number of hydrogen-bond acceptors (Lipinski definition) is 5. The molecule has 1 amide bonds. The monoisotopic (exact) mass is 466 g/mol. The molecule has 0 saturated heterocycles. The van der Waals surface area contributed by atoms with E-state index >= 15 is 0 Å². The SMILES string of the molecule is Cc1cc(SCC(NC(=O)c2ccccc2)C(=O)[O-])c2cc(Br)ccc2n1.[Na+]. The molecule has 0 aliphatic carbocycles. The van der Waals surface area contributed by atoms with Gasteiger partial charge in [-0.2, -0.15) is 0 Å². The van der Waals surface area contributed by atoms with Gasteiger partial charge in [0.15, 0.2) is 0 Å². The Labute approximate surface area is 197 Å². The summed E-state index contributed by atoms with van der Waals surface area (Å²) in [6.07, 6.45) is 0. The van der Waals surface area contributed by atoms with Gasteiger partial charge in [-0.05, 0) is 43.3 Å². The van der Waals surface area contributed by atoms with Crippen molar-refractivity contribution in [2.45, 2.75) is 17.9 Å². The third kappa shape index (κ3) is 5.81. The standard InChI is InChI=1S/C20H17BrN2O3S.Na/c1-12-9-18(15-10-14(21)7-8-16(15)22-12)27-11-17(20(25)26)23-19(24)13-5-3-2-4-6-13;/h2-10,17H,11H2,1H3,(H,23,24)(H,25,26);/q;+1/p-1. The minimum absolute atomic E-state index is 0. The van der Waals surface area contributed by atoms with E-state index in [0.717, 1.165) is 26.0 Å². The molecule has 0 radical (unpaired) electrons. The predicted octanol–water partition coefficient (Wildman–Crippen LogP) is -0.0497. The summed E-state index contributed by atoms with van der Waals surface area (Å²) in [4.78, 5) is 29.2. The van der Waals surface area contributed by atoms with Gasteiger partial charge in [0, 0.05) is 31.8 Å². The molecule has 2 aromatic carbocycles. The largest absolute Gasteiger partial charge is 1.00 e. The Morgan fingerprint density at radius 2 is 1.89 bits per heavy atom. The van der Waals surface area contributed by atoms with Crippen molar-refractivity contribution in [1.29, 1.82) is 0 Å². The van der Waals surface area contributed by atoms with Crippen molar-refractivity contribution in [2.24, 2.45) is 0 Å². The first-order valence-electron chi connectivity index (χ1n) is 8.20. The molecule has 1 heterocycles. The maximum absolute atomic E-state index is 12.3. The first-order valence-corrected chi connectivity index (χ1v) is 9.98. The van der Waals surface area contributed by atoms with Crippen LogP contribution in [0.3, 0.4) is 0 Å². The van der Waals surface area contributed by atoms with Crippen LogP contribution in [-0.2, 0) is 4.79 Å². The van der Waals surface area contributed by atoms with Gasteiger partial charge in [-0.1, -0.05) is 34.1 Å². The fourth-order valence-electron chi connectivity index (χ4n) is 2.59. The van der Waals surface area contributed by atoms with E-state index in [-0.39, 0.29) is 35.3 Å². The summed E-state index contributed by atoms with van der Waals surface area (Å²) in [5.74, 6) is -1.61. The molecule has 1 aromatic heterocycles. The number of aliphatic carboxylic acids is 1. The number of aromatic nitrogens is 1. The third-order valence-corrected chi connectivity index (χ3v) is 5.53. The molecule has 0 bridgehead atoms. The second-order valence-corrected chi connectivity index (χ2v) is 7.92. The number of benzene rings is 2. The zero-order valence-electron chi connectivity index (χ0n) is 15.4. The number of carboxylic acids is 1. The van der Waals surface area contributed by atoms with Crippen molar-refractivity contribution in [2.75, 3.05) is 5.75 Å². The van der Waals surface area contributed by atoms with E-state index in [2.05, 4.69) is 26.2 Å². The molecule has 0 spiro atoms. The number of halogens is 1. The molecule has 0 aliphatic rings. The quantitative estimate of drug-likeness (QED) is 0.406. The summed E-state index contributed by atoms with van der Waals surface area (Å²) in [5.41, 5.74) is 2.08. The van der Waals surface area contributed by atoms with Crippen LogP contribution in [0, 0.1) is 6.92 Å². The molecule has 3 aromatic rings. The zero-order valence-corrected chi connectivity index (χ0v) is 19.8. The number of pyridine rings is 1. The number of hydrogen-bond donors (Lipinski definition) is 1. The van der Waals surface area contributed by atoms with Crippen LogP contribution in [0.4, 0.5) is 0 Å². The van der Waals surface area contributed by atoms with E-state index in [1.54, 1.807) is 30.3 Å². The van der Waals surface area contributed by atoms with Crippen LogP contribution in [0.5, 0.6) is 0 Å². The molecule has 0 fully saturated rings. The first kappa shape index (κ1) is 22.9. The van der Waals surface area contributed by atoms with E-state index in [0.29, 0.717) is 5.56 Å². The number of nitrogens with zero attached hydrogens (tertiary/aromatic N) is 1. The Morgan fingerprint density at radius 3 is 2.57 bits per heavy atom. The number of thioether (sulfide) groups is 1. The Bertz CT molecular complexity index is 1000. The maximum Gasteiger partial charge on any atom is 1.00 e. The summed E-state index contributed by atoms with van der Waals surface area (Å²) >= 11 is 4.80. The van der Waals surface area contributed by atoms with Gasteiger partial charge in [0.25, 0.3) is 5.91 Å². The van der Waals surface area contributed by atoms with Crippen molar-refractivity contribution >= 4 is 50.5 Å². The number of carbonyl (C=O) groups excluding carboxylic acids is 2. The Kier molecular flexibility index (Phi) is 8.52. The topological polar surface area (TPSA) is 82.1 Å². The molecule has 138 valence electrons. The van der Waals surface area contributed by atoms with Crippen LogP contribution in [0.2, 0.25) is 0 Å². The number of fused-ring (bicyclic) bond motifs is 1. The number of carboxylic acid groups (broad SMARTS) is 1. The normalized spacial score (nSPS) is 11.5. The van der Waals surface area contributed by atoms with Crippen molar-refractivity contribution < 1.29 is 44.3 Å². The molecule has 28 heavy (non-hydrogen) atoms. The molecular weight excluding hydrogens is 451 g/mol. The van der Waals surface area contributed by atoms with E-state index in [4.69, 9.17) is 0 Å². The predicted molar refractivity (Wildman–Crippen MR) is 108 cm³/mol. The summed E-state index contributed by atoms with van der Waals surface area (Å²) in [6, 6.07) is 15.1. The van der Waals surface area contributed by atoms with E-state index in [1.165, 1.54) is 11.8 Å². The molecule has 1 unspecified atom stereocenters. The second-order valence-electron chi connectivity index (χ2n) is 5.95. The van der Waals surface area contributed by atoms with E-state index < -0.39 is 17.9 Å². The van der Waals surface area contributed by atoms with Gasteiger partial charge in [-0.15, -0.1) is 11.8 Å². The van der Waals surface area contributed by atoms with Gasteiger partial charge in [0.05, 0.1) is 17.5 Å². The minimum Gasteiger partial charge on any atom is -0.548 e. The summed E-state index contributed by atoms with van der Waals surface area (Å²) < 4.78 is 0.913. The molecular formula is C20H16BrN2NaO3S. The Hall–Kier alpha value is -1.38. The van der Waals surface area contributed by atoms with Crippen molar-refractivity contribution in [3.8, 4) is 0 Å². The van der Waals surface area contributed by atoms with Crippen LogP contribution in [0.1, 0.15) is 16.1 Å². The van der Waals surface area contributed by atoms with E-state index in [1.807, 2.05) is 31.2 Å². The molecule has 1 N–H and O–H groups in total. The molecule has 3 rings (SSSR count). The number of amides is 1. The average Bonchev–Trinajstić information content (AvgIpc) is 2.65. The Balaban J connectivity index is 0.00000280. The van der Waals surface area contributed by atoms with Crippen LogP contribution < -0.4 is 40.0 Å². The average molecular weight is 467 g/mol. The van der Waals surface area contributed by atoms with E-state index in [9.17, 15) is 14.7 Å². The van der Waals surface area contributed by atoms with Gasteiger partial charge < -0.3 is 15.2 Å². The summed E-state index contributed by atoms with van der Waals surface area (Å²) in [7, 11) is 0. The van der Waals surface area contributed by atoms with Crippen LogP contribution in [0.25, 0.3) is 10.9 Å². The molecule has 8 heteroatoms. The molecule has 0 aliphatic heterocycles. The summed E-state index contributed by atoms with van der Waals surface area (Å²) in [6.45, 7) is 1.89.